The van der Waals surface area contributed by atoms with Gasteiger partial charge in [-0.1, -0.05) is 6.42 Å². The number of hydrogen-bond acceptors (Lipinski definition) is 1. The molecule has 0 spiro atoms. The lowest BCUT2D eigenvalue weighted by molar-refractivity contribution is -0.123. The van der Waals surface area contributed by atoms with Crippen LogP contribution in [0.25, 0.3) is 0 Å². The number of amides is 1. The van der Waals surface area contributed by atoms with Gasteiger partial charge < -0.3 is 10.3 Å². The lowest BCUT2D eigenvalue weighted by Crippen LogP contribution is -2.25. The molecule has 0 bridgehead atoms. The van der Waals surface area contributed by atoms with Crippen LogP contribution in [0.4, 0.5) is 0 Å². The average Bonchev–Trinajstić information content (AvgIpc) is 2.72. The zero-order valence-electron chi connectivity index (χ0n) is 8.70. The van der Waals surface area contributed by atoms with Gasteiger partial charge in [-0.15, -0.1) is 0 Å². The smallest absolute Gasteiger partial charge is 0.223 e. The Morgan fingerprint density at radius 1 is 1.47 bits per heavy atom. The Hall–Kier alpha value is -1.25. The van der Waals surface area contributed by atoms with Crippen LogP contribution in [0.5, 0.6) is 0 Å². The van der Waals surface area contributed by atoms with Crippen LogP contribution >= 0.6 is 0 Å². The van der Waals surface area contributed by atoms with Crippen LogP contribution in [0.15, 0.2) is 18.5 Å². The molecular formula is C12H16N2O. The average molecular weight is 204 g/mol. The molecule has 0 aliphatic heterocycles. The standard InChI is InChI=1S/C12H16N2O/c15-12(11-9-2-1-3-10(9)11)14-7-8-4-5-13-6-8/h4-6,9-11,13H,1-3,7H2,(H,14,15). The van der Waals surface area contributed by atoms with Crippen LogP contribution in [0.1, 0.15) is 24.8 Å². The zero-order valence-corrected chi connectivity index (χ0v) is 8.70. The van der Waals surface area contributed by atoms with Crippen molar-refractivity contribution < 1.29 is 4.79 Å². The number of nitrogens with one attached hydrogen (secondary N) is 2. The largest absolute Gasteiger partial charge is 0.367 e. The van der Waals surface area contributed by atoms with Crippen molar-refractivity contribution >= 4 is 5.91 Å². The number of carbonyl (C=O) groups is 1. The summed E-state index contributed by atoms with van der Waals surface area (Å²) in [5.74, 6) is 2.05. The fraction of sp³-hybridized carbons (Fsp3) is 0.583. The van der Waals surface area contributed by atoms with E-state index in [2.05, 4.69) is 10.3 Å². The molecule has 1 aromatic heterocycles. The van der Waals surface area contributed by atoms with E-state index >= 15 is 0 Å². The minimum Gasteiger partial charge on any atom is -0.367 e. The Labute approximate surface area is 89.3 Å². The molecule has 2 unspecified atom stereocenters. The number of hydrogen-bond donors (Lipinski definition) is 2. The predicted molar refractivity (Wildman–Crippen MR) is 57.0 cm³/mol. The number of aromatic amines is 1. The highest BCUT2D eigenvalue weighted by molar-refractivity contribution is 5.82. The van der Waals surface area contributed by atoms with E-state index in [4.69, 9.17) is 0 Å². The molecule has 0 aromatic carbocycles. The summed E-state index contributed by atoms with van der Waals surface area (Å²) in [6.07, 6.45) is 7.68. The van der Waals surface area contributed by atoms with Gasteiger partial charge in [0, 0.05) is 24.9 Å². The molecule has 2 aliphatic carbocycles. The van der Waals surface area contributed by atoms with Gasteiger partial charge in [-0.25, -0.2) is 0 Å². The molecule has 2 N–H and O–H groups in total. The Kier molecular flexibility index (Phi) is 2.04. The zero-order chi connectivity index (χ0) is 10.3. The van der Waals surface area contributed by atoms with Gasteiger partial charge in [-0.2, -0.15) is 0 Å². The summed E-state index contributed by atoms with van der Waals surface area (Å²) in [6.45, 7) is 0.665. The number of fused-ring (bicyclic) bond motifs is 1. The van der Waals surface area contributed by atoms with Gasteiger partial charge >= 0.3 is 0 Å². The van der Waals surface area contributed by atoms with Crippen molar-refractivity contribution in [2.24, 2.45) is 17.8 Å². The quantitative estimate of drug-likeness (QED) is 0.773. The monoisotopic (exact) mass is 204 g/mol. The first-order valence-corrected chi connectivity index (χ1v) is 5.75. The summed E-state index contributed by atoms with van der Waals surface area (Å²) in [4.78, 5) is 14.8. The van der Waals surface area contributed by atoms with E-state index in [1.807, 2.05) is 18.5 Å². The molecule has 1 heterocycles. The van der Waals surface area contributed by atoms with E-state index < -0.39 is 0 Å². The van der Waals surface area contributed by atoms with Crippen molar-refractivity contribution in [1.29, 1.82) is 0 Å². The Bertz CT molecular complexity index is 348. The highest BCUT2D eigenvalue weighted by atomic mass is 16.2. The van der Waals surface area contributed by atoms with Crippen molar-refractivity contribution in [3.05, 3.63) is 24.0 Å². The summed E-state index contributed by atoms with van der Waals surface area (Å²) in [7, 11) is 0. The Morgan fingerprint density at radius 2 is 2.27 bits per heavy atom. The second-order valence-corrected chi connectivity index (χ2v) is 4.72. The van der Waals surface area contributed by atoms with Crippen LogP contribution in [0.3, 0.4) is 0 Å². The van der Waals surface area contributed by atoms with Crippen LogP contribution in [-0.2, 0) is 11.3 Å². The lowest BCUT2D eigenvalue weighted by Gasteiger charge is -2.04. The molecule has 1 amide bonds. The van der Waals surface area contributed by atoms with Crippen LogP contribution < -0.4 is 5.32 Å². The summed E-state index contributed by atoms with van der Waals surface area (Å²) >= 11 is 0. The molecule has 2 atom stereocenters. The molecule has 1 aromatic rings. The molecule has 0 saturated heterocycles. The highest BCUT2D eigenvalue weighted by Gasteiger charge is 2.56. The summed E-state index contributed by atoms with van der Waals surface area (Å²) in [6, 6.07) is 1.99. The molecule has 3 nitrogen and oxygen atoms in total. The molecular weight excluding hydrogens is 188 g/mol. The SMILES string of the molecule is O=C(NCc1cc[nH]c1)C1C2CCCC21. The first-order chi connectivity index (χ1) is 7.36. The first-order valence-electron chi connectivity index (χ1n) is 5.75. The van der Waals surface area contributed by atoms with Crippen molar-refractivity contribution in [2.45, 2.75) is 25.8 Å². The summed E-state index contributed by atoms with van der Waals surface area (Å²) < 4.78 is 0. The fourth-order valence-electron chi connectivity index (χ4n) is 2.99. The van der Waals surface area contributed by atoms with E-state index in [0.29, 0.717) is 12.5 Å². The lowest BCUT2D eigenvalue weighted by atomic mass is 10.1. The third-order valence-corrected chi connectivity index (χ3v) is 3.84. The van der Waals surface area contributed by atoms with Gasteiger partial charge in [0.2, 0.25) is 5.91 Å². The molecule has 2 aliphatic rings. The number of aromatic nitrogens is 1. The van der Waals surface area contributed by atoms with E-state index in [1.165, 1.54) is 19.3 Å². The summed E-state index contributed by atoms with van der Waals surface area (Å²) in [5.41, 5.74) is 1.15. The molecule has 2 fully saturated rings. The van der Waals surface area contributed by atoms with E-state index in [0.717, 1.165) is 17.4 Å². The second-order valence-electron chi connectivity index (χ2n) is 4.72. The first kappa shape index (κ1) is 9.01. The van der Waals surface area contributed by atoms with Crippen LogP contribution in [0.2, 0.25) is 0 Å². The maximum absolute atomic E-state index is 11.8. The maximum atomic E-state index is 11.8. The van der Waals surface area contributed by atoms with Crippen molar-refractivity contribution in [2.75, 3.05) is 0 Å². The van der Waals surface area contributed by atoms with Crippen molar-refractivity contribution in [3.63, 3.8) is 0 Å². The van der Waals surface area contributed by atoms with Crippen LogP contribution in [0, 0.1) is 17.8 Å². The number of carbonyl (C=O) groups excluding carboxylic acids is 1. The normalized spacial score (nSPS) is 32.4. The van der Waals surface area contributed by atoms with Crippen molar-refractivity contribution in [1.82, 2.24) is 10.3 Å². The van der Waals surface area contributed by atoms with Crippen molar-refractivity contribution in [3.8, 4) is 0 Å². The molecule has 3 heteroatoms. The predicted octanol–water partition coefficient (Wildman–Crippen LogP) is 1.68. The van der Waals surface area contributed by atoms with Gasteiger partial charge in [0.25, 0.3) is 0 Å². The second kappa shape index (κ2) is 3.40. The van der Waals surface area contributed by atoms with E-state index in [9.17, 15) is 4.79 Å². The van der Waals surface area contributed by atoms with E-state index in [1.54, 1.807) is 0 Å². The fourth-order valence-corrected chi connectivity index (χ4v) is 2.99. The third-order valence-electron chi connectivity index (χ3n) is 3.84. The molecule has 80 valence electrons. The number of rotatable bonds is 3. The van der Waals surface area contributed by atoms with E-state index in [-0.39, 0.29) is 5.91 Å². The van der Waals surface area contributed by atoms with Gasteiger partial charge in [0.05, 0.1) is 0 Å². The van der Waals surface area contributed by atoms with Crippen LogP contribution in [-0.4, -0.2) is 10.9 Å². The summed E-state index contributed by atoms with van der Waals surface area (Å²) in [5, 5.41) is 3.02. The van der Waals surface area contributed by atoms with Gasteiger partial charge in [-0.05, 0) is 36.3 Å². The third kappa shape index (κ3) is 1.56. The maximum Gasteiger partial charge on any atom is 0.223 e. The molecule has 2 saturated carbocycles. The highest BCUT2D eigenvalue weighted by Crippen LogP contribution is 2.57. The van der Waals surface area contributed by atoms with Gasteiger partial charge in [0.1, 0.15) is 0 Å². The Balaban J connectivity index is 1.50. The Morgan fingerprint density at radius 3 is 2.93 bits per heavy atom. The molecule has 0 radical (unpaired) electrons. The number of H-pyrrole nitrogens is 1. The van der Waals surface area contributed by atoms with Gasteiger partial charge in [-0.3, -0.25) is 4.79 Å². The topological polar surface area (TPSA) is 44.9 Å². The molecule has 3 rings (SSSR count). The minimum atomic E-state index is 0.269. The molecule has 15 heavy (non-hydrogen) atoms. The minimum absolute atomic E-state index is 0.269. The van der Waals surface area contributed by atoms with Gasteiger partial charge in [0.15, 0.2) is 0 Å².